The molecule has 0 saturated heterocycles. The number of hydrogen-bond acceptors (Lipinski definition) is 4. The predicted molar refractivity (Wildman–Crippen MR) is 86.1 cm³/mol. The smallest absolute Gasteiger partial charge is 0.240 e. The van der Waals surface area contributed by atoms with E-state index in [0.717, 1.165) is 25.7 Å². The highest BCUT2D eigenvalue weighted by atomic mass is 16.5. The zero-order valence-electron chi connectivity index (χ0n) is 13.4. The lowest BCUT2D eigenvalue weighted by molar-refractivity contribution is -0.127. The molecule has 22 heavy (non-hydrogen) atoms. The topological polar surface area (TPSA) is 73.6 Å². The molecular formula is C17H26N2O3. The molecule has 1 aromatic carbocycles. The Morgan fingerprint density at radius 1 is 1.27 bits per heavy atom. The number of nitrogens with two attached hydrogens (primary N) is 1. The number of methoxy groups -OCH3 is 1. The molecule has 3 N–H and O–H groups in total. The lowest BCUT2D eigenvalue weighted by Crippen LogP contribution is -2.56. The number of carbonyl (C=O) groups is 1. The molecule has 1 aromatic rings. The maximum absolute atomic E-state index is 12.3. The molecule has 1 aliphatic rings. The van der Waals surface area contributed by atoms with Gasteiger partial charge in [0.2, 0.25) is 5.91 Å². The summed E-state index contributed by atoms with van der Waals surface area (Å²) < 4.78 is 11.1. The van der Waals surface area contributed by atoms with Crippen LogP contribution in [0.3, 0.4) is 0 Å². The summed E-state index contributed by atoms with van der Waals surface area (Å²) in [6.45, 7) is 2.34. The molecule has 0 radical (unpaired) electrons. The van der Waals surface area contributed by atoms with Crippen LogP contribution >= 0.6 is 0 Å². The number of amides is 1. The van der Waals surface area contributed by atoms with Crippen LogP contribution in [0.25, 0.3) is 0 Å². The van der Waals surface area contributed by atoms with Crippen LogP contribution < -0.4 is 20.5 Å². The van der Waals surface area contributed by atoms with Crippen molar-refractivity contribution in [2.45, 2.75) is 50.7 Å². The lowest BCUT2D eigenvalue weighted by Gasteiger charge is -2.32. The van der Waals surface area contributed by atoms with Crippen molar-refractivity contribution >= 4 is 5.91 Å². The van der Waals surface area contributed by atoms with E-state index >= 15 is 0 Å². The van der Waals surface area contributed by atoms with E-state index in [1.54, 1.807) is 7.11 Å². The van der Waals surface area contributed by atoms with E-state index in [1.807, 2.05) is 31.2 Å². The van der Waals surface area contributed by atoms with Crippen molar-refractivity contribution in [3.05, 3.63) is 24.3 Å². The molecule has 0 aromatic heterocycles. The highest BCUT2D eigenvalue weighted by molar-refractivity contribution is 5.86. The minimum absolute atomic E-state index is 0.0670. The third-order valence-electron chi connectivity index (χ3n) is 4.15. The SMILES string of the molecule is COc1ccccc1OC(C)CNC(=O)C1(N)CCCCC1. The van der Waals surface area contributed by atoms with Crippen LogP contribution in [0.15, 0.2) is 24.3 Å². The molecule has 1 aliphatic carbocycles. The zero-order valence-corrected chi connectivity index (χ0v) is 13.4. The number of para-hydroxylation sites is 2. The Hall–Kier alpha value is -1.75. The van der Waals surface area contributed by atoms with Gasteiger partial charge in [-0.05, 0) is 31.9 Å². The Morgan fingerprint density at radius 3 is 2.55 bits per heavy atom. The van der Waals surface area contributed by atoms with E-state index < -0.39 is 5.54 Å². The summed E-state index contributed by atoms with van der Waals surface area (Å²) in [5.74, 6) is 1.29. The summed E-state index contributed by atoms with van der Waals surface area (Å²) in [5, 5.41) is 2.92. The van der Waals surface area contributed by atoms with Crippen molar-refractivity contribution in [1.29, 1.82) is 0 Å². The van der Waals surface area contributed by atoms with E-state index in [0.29, 0.717) is 18.0 Å². The second-order valence-electron chi connectivity index (χ2n) is 6.01. The van der Waals surface area contributed by atoms with Crippen molar-refractivity contribution in [3.63, 3.8) is 0 Å². The van der Waals surface area contributed by atoms with Crippen LogP contribution in [0.5, 0.6) is 11.5 Å². The second kappa shape index (κ2) is 7.49. The average molecular weight is 306 g/mol. The third kappa shape index (κ3) is 4.13. The number of ether oxygens (including phenoxy) is 2. The number of hydrogen-bond donors (Lipinski definition) is 2. The Labute approximate surface area is 132 Å². The maximum atomic E-state index is 12.3. The summed E-state index contributed by atoms with van der Waals surface area (Å²) in [6.07, 6.45) is 4.59. The van der Waals surface area contributed by atoms with Gasteiger partial charge in [0.25, 0.3) is 0 Å². The Morgan fingerprint density at radius 2 is 1.91 bits per heavy atom. The van der Waals surface area contributed by atoms with Crippen molar-refractivity contribution in [2.24, 2.45) is 5.73 Å². The van der Waals surface area contributed by atoms with Gasteiger partial charge in [-0.3, -0.25) is 4.79 Å². The number of carbonyl (C=O) groups excluding carboxylic acids is 1. The fraction of sp³-hybridized carbons (Fsp3) is 0.588. The quantitative estimate of drug-likeness (QED) is 0.845. The highest BCUT2D eigenvalue weighted by Crippen LogP contribution is 2.27. The summed E-state index contributed by atoms with van der Waals surface area (Å²) in [6, 6.07) is 7.47. The molecular weight excluding hydrogens is 280 g/mol. The molecule has 1 saturated carbocycles. The van der Waals surface area contributed by atoms with E-state index in [1.165, 1.54) is 6.42 Å². The van der Waals surface area contributed by atoms with Crippen molar-refractivity contribution in [3.8, 4) is 11.5 Å². The molecule has 5 heteroatoms. The minimum Gasteiger partial charge on any atom is -0.493 e. The molecule has 0 spiro atoms. The molecule has 1 unspecified atom stereocenters. The van der Waals surface area contributed by atoms with E-state index in [4.69, 9.17) is 15.2 Å². The average Bonchev–Trinajstić information content (AvgIpc) is 2.53. The van der Waals surface area contributed by atoms with Crippen LogP contribution in [0.2, 0.25) is 0 Å². The first-order chi connectivity index (χ1) is 10.5. The first-order valence-corrected chi connectivity index (χ1v) is 7.92. The monoisotopic (exact) mass is 306 g/mol. The van der Waals surface area contributed by atoms with Gasteiger partial charge >= 0.3 is 0 Å². The lowest BCUT2D eigenvalue weighted by atomic mass is 9.82. The molecule has 1 atom stereocenters. The molecule has 5 nitrogen and oxygen atoms in total. The number of nitrogens with one attached hydrogen (secondary N) is 1. The van der Waals surface area contributed by atoms with E-state index in [2.05, 4.69) is 5.32 Å². The van der Waals surface area contributed by atoms with Gasteiger partial charge in [-0.15, -0.1) is 0 Å². The number of rotatable bonds is 6. The Bertz CT molecular complexity index is 498. The van der Waals surface area contributed by atoms with Crippen LogP contribution in [0.1, 0.15) is 39.0 Å². The van der Waals surface area contributed by atoms with E-state index in [9.17, 15) is 4.79 Å². The summed E-state index contributed by atoms with van der Waals surface area (Å²) in [7, 11) is 1.61. The van der Waals surface area contributed by atoms with Gasteiger partial charge in [-0.25, -0.2) is 0 Å². The molecule has 0 heterocycles. The molecule has 0 bridgehead atoms. The third-order valence-corrected chi connectivity index (χ3v) is 4.15. The van der Waals surface area contributed by atoms with Gasteiger partial charge in [-0.1, -0.05) is 31.4 Å². The first-order valence-electron chi connectivity index (χ1n) is 7.92. The standard InChI is InChI=1S/C17H26N2O3/c1-13(22-15-9-5-4-8-14(15)21-2)12-19-16(20)17(18)10-6-3-7-11-17/h4-5,8-9,13H,3,6-7,10-12,18H2,1-2H3,(H,19,20). The van der Waals surface area contributed by atoms with Gasteiger partial charge < -0.3 is 20.5 Å². The molecule has 1 amide bonds. The predicted octanol–water partition coefficient (Wildman–Crippen LogP) is 2.24. The van der Waals surface area contributed by atoms with Crippen molar-refractivity contribution in [2.75, 3.05) is 13.7 Å². The second-order valence-corrected chi connectivity index (χ2v) is 6.01. The highest BCUT2D eigenvalue weighted by Gasteiger charge is 2.35. The Balaban J connectivity index is 1.84. The van der Waals surface area contributed by atoms with Crippen molar-refractivity contribution < 1.29 is 14.3 Å². The fourth-order valence-corrected chi connectivity index (χ4v) is 2.80. The normalized spacial score (nSPS) is 18.3. The maximum Gasteiger partial charge on any atom is 0.240 e. The fourth-order valence-electron chi connectivity index (χ4n) is 2.80. The summed E-state index contributed by atoms with van der Waals surface area (Å²) >= 11 is 0. The molecule has 122 valence electrons. The van der Waals surface area contributed by atoms with Gasteiger partial charge in [0.15, 0.2) is 11.5 Å². The first kappa shape index (κ1) is 16.6. The van der Waals surface area contributed by atoms with Crippen LogP contribution in [-0.2, 0) is 4.79 Å². The van der Waals surface area contributed by atoms with Crippen molar-refractivity contribution in [1.82, 2.24) is 5.32 Å². The molecule has 1 fully saturated rings. The Kier molecular flexibility index (Phi) is 5.66. The minimum atomic E-state index is -0.706. The molecule has 0 aliphatic heterocycles. The van der Waals surface area contributed by atoms with Gasteiger partial charge in [0.05, 0.1) is 19.2 Å². The van der Waals surface area contributed by atoms with Gasteiger partial charge in [-0.2, -0.15) is 0 Å². The van der Waals surface area contributed by atoms with Gasteiger partial charge in [0.1, 0.15) is 6.10 Å². The summed E-state index contributed by atoms with van der Waals surface area (Å²) in [4.78, 5) is 12.3. The number of benzene rings is 1. The van der Waals surface area contributed by atoms with Crippen LogP contribution in [0, 0.1) is 0 Å². The van der Waals surface area contributed by atoms with Crippen LogP contribution in [-0.4, -0.2) is 31.2 Å². The largest absolute Gasteiger partial charge is 0.493 e. The van der Waals surface area contributed by atoms with Gasteiger partial charge in [0, 0.05) is 0 Å². The molecule has 2 rings (SSSR count). The van der Waals surface area contributed by atoms with E-state index in [-0.39, 0.29) is 12.0 Å². The summed E-state index contributed by atoms with van der Waals surface area (Å²) in [5.41, 5.74) is 5.51. The zero-order chi connectivity index (χ0) is 16.0. The van der Waals surface area contributed by atoms with Crippen LogP contribution in [0.4, 0.5) is 0 Å².